The van der Waals surface area contributed by atoms with E-state index in [0.29, 0.717) is 28.6 Å². The van der Waals surface area contributed by atoms with Crippen molar-refractivity contribution < 1.29 is 14.3 Å². The Bertz CT molecular complexity index is 825. The molecular weight excluding hydrogens is 408 g/mol. The molecule has 0 bridgehead atoms. The van der Waals surface area contributed by atoms with Gasteiger partial charge in [-0.3, -0.25) is 4.79 Å². The number of anilines is 1. The van der Waals surface area contributed by atoms with Crippen molar-refractivity contribution >= 4 is 35.0 Å². The van der Waals surface area contributed by atoms with Gasteiger partial charge < -0.3 is 19.7 Å². The minimum Gasteiger partial charge on any atom is -0.491 e. The maximum atomic E-state index is 12.8. The van der Waals surface area contributed by atoms with E-state index < -0.39 is 0 Å². The van der Waals surface area contributed by atoms with E-state index in [9.17, 15) is 4.79 Å². The second-order valence-electron chi connectivity index (χ2n) is 7.19. The quantitative estimate of drug-likeness (QED) is 0.574. The first-order chi connectivity index (χ1) is 14.0. The van der Waals surface area contributed by atoms with E-state index in [4.69, 9.17) is 21.1 Å². The summed E-state index contributed by atoms with van der Waals surface area (Å²) in [6.45, 7) is 2.19. The molecule has 3 rings (SSSR count). The van der Waals surface area contributed by atoms with Crippen LogP contribution >= 0.6 is 23.4 Å². The molecule has 7 heteroatoms. The monoisotopic (exact) mass is 434 g/mol. The Labute approximate surface area is 181 Å². The van der Waals surface area contributed by atoms with Crippen molar-refractivity contribution in [3.8, 4) is 5.75 Å². The SMILES string of the molecule is CN(C)CCOc1ccc(NC(=O)c2ccccc2SCC2CCCO2)cc1Cl. The zero-order valence-corrected chi connectivity index (χ0v) is 18.4. The van der Waals surface area contributed by atoms with Gasteiger partial charge in [-0.1, -0.05) is 23.7 Å². The van der Waals surface area contributed by atoms with Gasteiger partial charge in [-0.2, -0.15) is 0 Å². The Morgan fingerprint density at radius 1 is 1.31 bits per heavy atom. The van der Waals surface area contributed by atoms with Gasteiger partial charge in [0, 0.05) is 29.5 Å². The number of benzene rings is 2. The number of nitrogens with zero attached hydrogens (tertiary/aromatic N) is 1. The Balaban J connectivity index is 1.61. The van der Waals surface area contributed by atoms with Crippen LogP contribution in [0.15, 0.2) is 47.4 Å². The minimum absolute atomic E-state index is 0.155. The Kier molecular flexibility index (Phi) is 8.24. The molecule has 0 radical (unpaired) electrons. The first kappa shape index (κ1) is 22.0. The van der Waals surface area contributed by atoms with Crippen molar-refractivity contribution in [3.05, 3.63) is 53.1 Å². The van der Waals surface area contributed by atoms with Crippen LogP contribution in [0.3, 0.4) is 0 Å². The summed E-state index contributed by atoms with van der Waals surface area (Å²) in [5.74, 6) is 1.31. The lowest BCUT2D eigenvalue weighted by atomic mass is 10.2. The second kappa shape index (κ2) is 10.9. The van der Waals surface area contributed by atoms with Crippen molar-refractivity contribution in [3.63, 3.8) is 0 Å². The Morgan fingerprint density at radius 3 is 2.86 bits per heavy atom. The number of carbonyl (C=O) groups excluding carboxylic acids is 1. The van der Waals surface area contributed by atoms with Gasteiger partial charge >= 0.3 is 0 Å². The number of halogens is 1. The van der Waals surface area contributed by atoms with Gasteiger partial charge in [0.15, 0.2) is 0 Å². The lowest BCUT2D eigenvalue weighted by molar-refractivity contribution is 0.102. The molecule has 0 aromatic heterocycles. The molecule has 1 fully saturated rings. The maximum Gasteiger partial charge on any atom is 0.256 e. The standard InChI is InChI=1S/C22H27ClN2O3S/c1-25(2)11-13-28-20-10-9-16(14-19(20)23)24-22(26)18-7-3-4-8-21(18)29-15-17-6-5-12-27-17/h3-4,7-10,14,17H,5-6,11-13,15H2,1-2H3,(H,24,26). The number of rotatable bonds is 9. The zero-order valence-electron chi connectivity index (χ0n) is 16.8. The third-order valence-electron chi connectivity index (χ3n) is 4.57. The fourth-order valence-electron chi connectivity index (χ4n) is 2.97. The molecule has 2 aromatic rings. The number of carbonyl (C=O) groups is 1. The number of hydrogen-bond acceptors (Lipinski definition) is 5. The third-order valence-corrected chi connectivity index (χ3v) is 6.07. The molecular formula is C22H27ClN2O3S. The molecule has 1 amide bonds. The van der Waals surface area contributed by atoms with Crippen molar-refractivity contribution in [1.82, 2.24) is 4.90 Å². The van der Waals surface area contributed by atoms with Gasteiger partial charge in [0.1, 0.15) is 12.4 Å². The van der Waals surface area contributed by atoms with E-state index in [2.05, 4.69) is 5.32 Å². The molecule has 1 heterocycles. The first-order valence-electron chi connectivity index (χ1n) is 9.75. The summed E-state index contributed by atoms with van der Waals surface area (Å²) in [6.07, 6.45) is 2.47. The summed E-state index contributed by atoms with van der Waals surface area (Å²) < 4.78 is 11.4. The molecule has 29 heavy (non-hydrogen) atoms. The van der Waals surface area contributed by atoms with Crippen LogP contribution in [-0.2, 0) is 4.74 Å². The summed E-state index contributed by atoms with van der Waals surface area (Å²) in [5, 5.41) is 3.41. The number of hydrogen-bond donors (Lipinski definition) is 1. The first-order valence-corrected chi connectivity index (χ1v) is 11.1. The normalized spacial score (nSPS) is 16.2. The highest BCUT2D eigenvalue weighted by Crippen LogP contribution is 2.30. The highest BCUT2D eigenvalue weighted by Gasteiger charge is 2.18. The summed E-state index contributed by atoms with van der Waals surface area (Å²) in [5.41, 5.74) is 1.29. The number of thioether (sulfide) groups is 1. The topological polar surface area (TPSA) is 50.8 Å². The molecule has 2 aromatic carbocycles. The van der Waals surface area contributed by atoms with E-state index in [1.165, 1.54) is 0 Å². The summed E-state index contributed by atoms with van der Waals surface area (Å²) >= 11 is 7.98. The van der Waals surface area contributed by atoms with Crippen LogP contribution in [-0.4, -0.2) is 56.5 Å². The van der Waals surface area contributed by atoms with Crippen molar-refractivity contribution in [1.29, 1.82) is 0 Å². The number of ether oxygens (including phenoxy) is 2. The minimum atomic E-state index is -0.155. The maximum absolute atomic E-state index is 12.8. The Hall–Kier alpha value is -1.73. The van der Waals surface area contributed by atoms with E-state index in [0.717, 1.165) is 36.6 Å². The van der Waals surface area contributed by atoms with Crippen LogP contribution in [0.5, 0.6) is 5.75 Å². The molecule has 0 aliphatic carbocycles. The summed E-state index contributed by atoms with van der Waals surface area (Å²) in [4.78, 5) is 15.8. The average Bonchev–Trinajstić information content (AvgIpc) is 3.21. The molecule has 0 spiro atoms. The smallest absolute Gasteiger partial charge is 0.256 e. The largest absolute Gasteiger partial charge is 0.491 e. The molecule has 5 nitrogen and oxygen atoms in total. The van der Waals surface area contributed by atoms with Crippen LogP contribution in [0.2, 0.25) is 5.02 Å². The zero-order chi connectivity index (χ0) is 20.6. The molecule has 1 unspecified atom stereocenters. The highest BCUT2D eigenvalue weighted by atomic mass is 35.5. The lowest BCUT2D eigenvalue weighted by Gasteiger charge is -2.14. The number of likely N-dealkylation sites (N-methyl/N-ethyl adjacent to an activating group) is 1. The molecule has 1 aliphatic heterocycles. The molecule has 1 atom stereocenters. The van der Waals surface area contributed by atoms with E-state index in [-0.39, 0.29) is 12.0 Å². The van der Waals surface area contributed by atoms with Crippen LogP contribution in [0, 0.1) is 0 Å². The summed E-state index contributed by atoms with van der Waals surface area (Å²) in [7, 11) is 3.97. The number of nitrogens with one attached hydrogen (secondary N) is 1. The predicted octanol–water partition coefficient (Wildman–Crippen LogP) is 4.80. The van der Waals surface area contributed by atoms with Crippen LogP contribution in [0.1, 0.15) is 23.2 Å². The van der Waals surface area contributed by atoms with Gasteiger partial charge in [0.2, 0.25) is 0 Å². The second-order valence-corrected chi connectivity index (χ2v) is 8.66. The van der Waals surface area contributed by atoms with Crippen molar-refractivity contribution in [2.24, 2.45) is 0 Å². The van der Waals surface area contributed by atoms with Crippen LogP contribution in [0.4, 0.5) is 5.69 Å². The molecule has 1 aliphatic rings. The van der Waals surface area contributed by atoms with Gasteiger partial charge in [0.25, 0.3) is 5.91 Å². The fourth-order valence-corrected chi connectivity index (χ4v) is 4.33. The van der Waals surface area contributed by atoms with E-state index >= 15 is 0 Å². The molecule has 0 saturated carbocycles. The Morgan fingerprint density at radius 2 is 2.14 bits per heavy atom. The molecule has 1 N–H and O–H groups in total. The van der Waals surface area contributed by atoms with E-state index in [1.807, 2.05) is 43.3 Å². The fraction of sp³-hybridized carbons (Fsp3) is 0.409. The van der Waals surface area contributed by atoms with E-state index in [1.54, 1.807) is 30.0 Å². The molecule has 1 saturated heterocycles. The predicted molar refractivity (Wildman–Crippen MR) is 120 cm³/mol. The lowest BCUT2D eigenvalue weighted by Crippen LogP contribution is -2.19. The summed E-state index contributed by atoms with van der Waals surface area (Å²) in [6, 6.07) is 12.9. The van der Waals surface area contributed by atoms with Crippen LogP contribution in [0.25, 0.3) is 0 Å². The number of amides is 1. The molecule has 156 valence electrons. The van der Waals surface area contributed by atoms with Crippen LogP contribution < -0.4 is 10.1 Å². The van der Waals surface area contributed by atoms with Gasteiger partial charge in [-0.25, -0.2) is 0 Å². The third kappa shape index (κ3) is 6.64. The van der Waals surface area contributed by atoms with Crippen molar-refractivity contribution in [2.75, 3.05) is 44.9 Å². The van der Waals surface area contributed by atoms with Gasteiger partial charge in [-0.05, 0) is 57.3 Å². The van der Waals surface area contributed by atoms with Crippen molar-refractivity contribution in [2.45, 2.75) is 23.8 Å². The average molecular weight is 435 g/mol. The van der Waals surface area contributed by atoms with Gasteiger partial charge in [-0.15, -0.1) is 11.8 Å². The van der Waals surface area contributed by atoms with Gasteiger partial charge in [0.05, 0.1) is 16.7 Å². The highest BCUT2D eigenvalue weighted by molar-refractivity contribution is 7.99.